The van der Waals surface area contributed by atoms with Crippen LogP contribution in [-0.2, 0) is 24.5 Å². The third-order valence-electron chi connectivity index (χ3n) is 5.26. The van der Waals surface area contributed by atoms with Crippen molar-refractivity contribution in [1.82, 2.24) is 5.32 Å². The van der Waals surface area contributed by atoms with Crippen LogP contribution in [0.4, 0.5) is 5.69 Å². The van der Waals surface area contributed by atoms with Gasteiger partial charge in [0.05, 0.1) is 29.4 Å². The summed E-state index contributed by atoms with van der Waals surface area (Å²) < 4.78 is 10.6. The van der Waals surface area contributed by atoms with E-state index in [4.69, 9.17) is 14.5 Å². The summed E-state index contributed by atoms with van der Waals surface area (Å²) in [5.74, 6) is -0.317. The fraction of sp³-hybridized carbons (Fsp3) is 0.550. The van der Waals surface area contributed by atoms with Crippen LogP contribution in [0.2, 0.25) is 0 Å². The molecule has 1 aromatic carbocycles. The molecular weight excluding hydrogens is 364 g/mol. The first kappa shape index (κ1) is 19.9. The third kappa shape index (κ3) is 2.97. The largest absolute Gasteiger partial charge is 0.464 e. The minimum Gasteiger partial charge on any atom is -0.464 e. The van der Waals surface area contributed by atoms with Gasteiger partial charge in [-0.15, -0.1) is 11.8 Å². The van der Waals surface area contributed by atoms with Gasteiger partial charge in [-0.3, -0.25) is 5.32 Å². The summed E-state index contributed by atoms with van der Waals surface area (Å²) in [6.45, 7) is 7.93. The Balaban J connectivity index is 2.12. The van der Waals surface area contributed by atoms with Crippen LogP contribution in [0.3, 0.4) is 0 Å². The van der Waals surface area contributed by atoms with Crippen molar-refractivity contribution in [1.29, 1.82) is 0 Å². The Kier molecular flexibility index (Phi) is 5.63. The Hall–Kier alpha value is -1.86. The van der Waals surface area contributed by atoms with Crippen molar-refractivity contribution in [2.75, 3.05) is 19.0 Å². The Morgan fingerprint density at radius 2 is 1.81 bits per heavy atom. The van der Waals surface area contributed by atoms with E-state index in [0.717, 1.165) is 22.0 Å². The summed E-state index contributed by atoms with van der Waals surface area (Å²) >= 11 is 1.65. The zero-order chi connectivity index (χ0) is 19.7. The van der Waals surface area contributed by atoms with Crippen LogP contribution in [-0.4, -0.2) is 47.5 Å². The molecule has 1 aromatic rings. The van der Waals surface area contributed by atoms with E-state index in [1.54, 1.807) is 25.6 Å². The Bertz CT molecular complexity index is 761. The van der Waals surface area contributed by atoms with Gasteiger partial charge >= 0.3 is 11.9 Å². The molecule has 2 aliphatic heterocycles. The van der Waals surface area contributed by atoms with Gasteiger partial charge in [0.2, 0.25) is 5.54 Å². The number of para-hydroxylation sites is 1. The fourth-order valence-corrected chi connectivity index (χ4v) is 5.18. The molecule has 0 unspecified atom stereocenters. The molecule has 2 atom stereocenters. The van der Waals surface area contributed by atoms with Gasteiger partial charge in [0.15, 0.2) is 0 Å². The van der Waals surface area contributed by atoms with E-state index in [0.29, 0.717) is 0 Å². The van der Waals surface area contributed by atoms with Crippen molar-refractivity contribution in [3.8, 4) is 0 Å². The molecule has 27 heavy (non-hydrogen) atoms. The Morgan fingerprint density at radius 3 is 2.41 bits per heavy atom. The molecule has 6 nitrogen and oxygen atoms in total. The molecule has 0 bridgehead atoms. The topological polar surface area (TPSA) is 77.0 Å². The minimum atomic E-state index is -1.53. The molecule has 0 amide bonds. The van der Waals surface area contributed by atoms with E-state index in [9.17, 15) is 9.59 Å². The number of benzene rings is 1. The monoisotopic (exact) mass is 390 g/mol. The van der Waals surface area contributed by atoms with Crippen LogP contribution < -0.4 is 5.32 Å². The van der Waals surface area contributed by atoms with Crippen LogP contribution in [0.1, 0.15) is 39.7 Å². The van der Waals surface area contributed by atoms with Crippen LogP contribution in [0, 0.1) is 0 Å². The van der Waals surface area contributed by atoms with Gasteiger partial charge in [0.1, 0.15) is 0 Å². The molecule has 3 rings (SSSR count). The van der Waals surface area contributed by atoms with E-state index in [-0.39, 0.29) is 25.7 Å². The number of rotatable bonds is 5. The lowest BCUT2D eigenvalue weighted by Crippen LogP contribution is -2.57. The van der Waals surface area contributed by atoms with Gasteiger partial charge in [-0.05, 0) is 38.2 Å². The molecular formula is C20H26N2O4S. The van der Waals surface area contributed by atoms with Crippen LogP contribution in [0.5, 0.6) is 0 Å². The quantitative estimate of drug-likeness (QED) is 0.615. The molecule has 2 aliphatic rings. The second-order valence-corrected chi connectivity index (χ2v) is 7.98. The first-order valence-corrected chi connectivity index (χ1v) is 10.4. The molecule has 1 N–H and O–H groups in total. The Labute approximate surface area is 164 Å². The van der Waals surface area contributed by atoms with Crippen LogP contribution in [0.25, 0.3) is 0 Å². The number of esters is 2. The third-order valence-corrected chi connectivity index (χ3v) is 6.28. The summed E-state index contributed by atoms with van der Waals surface area (Å²) in [4.78, 5) is 30.7. The molecule has 0 saturated carbocycles. The smallest absolute Gasteiger partial charge is 0.338 e. The number of nitrogens with one attached hydrogen (secondary N) is 1. The number of hydrogen-bond acceptors (Lipinski definition) is 7. The number of fused-ring (bicyclic) bond motifs is 2. The van der Waals surface area contributed by atoms with Gasteiger partial charge in [0.25, 0.3) is 0 Å². The SMILES string of the molecule is CCOC(=O)C1(C(=O)OCC)C[C@@]2(C(SCC)=Nc3ccccc32)[C@@H](C)N1. The standard InChI is InChI=1S/C20H26N2O4S/c1-5-25-17(23)20(18(24)26-6-2)12-19(13(4)22-20)14-10-8-9-11-15(14)21-16(19)27-7-3/h8-11,13,22H,5-7,12H2,1-4H3/t13-,19-/m1/s1. The van der Waals surface area contributed by atoms with E-state index >= 15 is 0 Å². The number of carbonyl (C=O) groups excluding carboxylic acids is 2. The number of nitrogens with zero attached hydrogens (tertiary/aromatic N) is 1. The maximum atomic E-state index is 12.9. The van der Waals surface area contributed by atoms with Crippen molar-refractivity contribution in [2.45, 2.75) is 51.1 Å². The zero-order valence-electron chi connectivity index (χ0n) is 16.2. The summed E-state index contributed by atoms with van der Waals surface area (Å²) in [6, 6.07) is 7.74. The number of ether oxygens (including phenoxy) is 2. The maximum absolute atomic E-state index is 12.9. The molecule has 1 fully saturated rings. The highest BCUT2D eigenvalue weighted by molar-refractivity contribution is 8.14. The van der Waals surface area contributed by atoms with Gasteiger partial charge in [-0.25, -0.2) is 14.6 Å². The zero-order valence-corrected chi connectivity index (χ0v) is 17.0. The normalized spacial score (nSPS) is 25.2. The van der Waals surface area contributed by atoms with Crippen molar-refractivity contribution < 1.29 is 19.1 Å². The van der Waals surface area contributed by atoms with Gasteiger partial charge in [0, 0.05) is 12.5 Å². The predicted molar refractivity (Wildman–Crippen MR) is 107 cm³/mol. The molecule has 0 radical (unpaired) electrons. The van der Waals surface area contributed by atoms with Crippen molar-refractivity contribution >= 4 is 34.4 Å². The van der Waals surface area contributed by atoms with Gasteiger partial charge in [-0.2, -0.15) is 0 Å². The molecule has 0 aromatic heterocycles. The van der Waals surface area contributed by atoms with E-state index < -0.39 is 22.9 Å². The van der Waals surface area contributed by atoms with Crippen LogP contribution >= 0.6 is 11.8 Å². The second kappa shape index (κ2) is 7.64. The first-order chi connectivity index (χ1) is 13.0. The first-order valence-electron chi connectivity index (χ1n) is 9.39. The number of carbonyl (C=O) groups is 2. The highest BCUT2D eigenvalue weighted by Crippen LogP contribution is 2.53. The van der Waals surface area contributed by atoms with Crippen LogP contribution in [0.15, 0.2) is 29.3 Å². The summed E-state index contributed by atoms with van der Waals surface area (Å²) in [6.07, 6.45) is 0.238. The molecule has 2 heterocycles. The number of thioether (sulfide) groups is 1. The molecule has 1 saturated heterocycles. The highest BCUT2D eigenvalue weighted by Gasteiger charge is 2.66. The molecule has 7 heteroatoms. The highest BCUT2D eigenvalue weighted by atomic mass is 32.2. The average Bonchev–Trinajstić information content (AvgIpc) is 3.13. The maximum Gasteiger partial charge on any atom is 0.338 e. The molecule has 146 valence electrons. The Morgan fingerprint density at radius 1 is 1.19 bits per heavy atom. The van der Waals surface area contributed by atoms with Crippen molar-refractivity contribution in [3.05, 3.63) is 29.8 Å². The predicted octanol–water partition coefficient (Wildman–Crippen LogP) is 2.97. The average molecular weight is 391 g/mol. The van der Waals surface area contributed by atoms with E-state index in [1.165, 1.54) is 0 Å². The van der Waals surface area contributed by atoms with Crippen molar-refractivity contribution in [2.24, 2.45) is 4.99 Å². The molecule has 1 spiro atoms. The second-order valence-electron chi connectivity index (χ2n) is 6.73. The van der Waals surface area contributed by atoms with Crippen molar-refractivity contribution in [3.63, 3.8) is 0 Å². The van der Waals surface area contributed by atoms with Gasteiger partial charge < -0.3 is 9.47 Å². The number of hydrogen-bond donors (Lipinski definition) is 1. The minimum absolute atomic E-state index is 0.187. The lowest BCUT2D eigenvalue weighted by Gasteiger charge is -2.31. The number of aliphatic imine (C=N–C) groups is 1. The van der Waals surface area contributed by atoms with E-state index in [1.807, 2.05) is 31.2 Å². The fourth-order valence-electron chi connectivity index (χ4n) is 4.13. The summed E-state index contributed by atoms with van der Waals surface area (Å²) in [5, 5.41) is 4.19. The van der Waals surface area contributed by atoms with Gasteiger partial charge in [-0.1, -0.05) is 25.1 Å². The van der Waals surface area contributed by atoms with E-state index in [2.05, 4.69) is 12.2 Å². The lowest BCUT2D eigenvalue weighted by atomic mass is 9.73. The summed E-state index contributed by atoms with van der Waals surface area (Å²) in [5.41, 5.74) is -0.156. The summed E-state index contributed by atoms with van der Waals surface area (Å²) in [7, 11) is 0. The molecule has 0 aliphatic carbocycles. The lowest BCUT2D eigenvalue weighted by molar-refractivity contribution is -0.165.